The maximum atomic E-state index is 5.90. The Morgan fingerprint density at radius 3 is 2.78 bits per heavy atom. The van der Waals surface area contributed by atoms with Crippen LogP contribution in [0.25, 0.3) is 0 Å². The highest BCUT2D eigenvalue weighted by molar-refractivity contribution is 5.55. The Morgan fingerprint density at radius 2 is 2.06 bits per heavy atom. The smallest absolute Gasteiger partial charge is 0.222 e. The molecule has 0 spiro atoms. The first-order valence-corrected chi connectivity index (χ1v) is 6.04. The van der Waals surface area contributed by atoms with E-state index in [1.165, 1.54) is 6.33 Å². The van der Waals surface area contributed by atoms with Gasteiger partial charge in [0.1, 0.15) is 6.33 Å². The summed E-state index contributed by atoms with van der Waals surface area (Å²) in [4.78, 5) is 8.28. The highest BCUT2D eigenvalue weighted by atomic mass is 16.5. The van der Waals surface area contributed by atoms with Gasteiger partial charge in [-0.3, -0.25) is 0 Å². The van der Waals surface area contributed by atoms with E-state index in [2.05, 4.69) is 16.9 Å². The number of hydrogen-bond acceptors (Lipinski definition) is 4. The predicted molar refractivity (Wildman–Crippen MR) is 71.7 cm³/mol. The van der Waals surface area contributed by atoms with Gasteiger partial charge in [-0.05, 0) is 31.0 Å². The third-order valence-corrected chi connectivity index (χ3v) is 2.58. The van der Waals surface area contributed by atoms with Gasteiger partial charge in [0, 0.05) is 11.8 Å². The van der Waals surface area contributed by atoms with E-state index >= 15 is 0 Å². The van der Waals surface area contributed by atoms with Gasteiger partial charge in [-0.25, -0.2) is 9.97 Å². The van der Waals surface area contributed by atoms with Gasteiger partial charge in [-0.1, -0.05) is 19.4 Å². The van der Waals surface area contributed by atoms with Crippen LogP contribution in [0.3, 0.4) is 0 Å². The molecule has 0 amide bonds. The van der Waals surface area contributed by atoms with Gasteiger partial charge >= 0.3 is 0 Å². The molecule has 0 saturated carbocycles. The van der Waals surface area contributed by atoms with Crippen molar-refractivity contribution in [3.8, 4) is 11.6 Å². The number of nitrogens with zero attached hydrogens (tertiary/aromatic N) is 2. The minimum atomic E-state index is 0.531. The Bertz CT molecular complexity index is 540. The van der Waals surface area contributed by atoms with Crippen molar-refractivity contribution in [1.29, 1.82) is 0 Å². The summed E-state index contributed by atoms with van der Waals surface area (Å²) in [5.74, 6) is 1.16. The number of hydrogen-bond donors (Lipinski definition) is 1. The predicted octanol–water partition coefficient (Wildman–Crippen LogP) is 3.11. The second kappa shape index (κ2) is 5.49. The van der Waals surface area contributed by atoms with Crippen molar-refractivity contribution in [2.75, 3.05) is 5.73 Å². The number of nitrogen functional groups attached to an aromatic ring is 1. The quantitative estimate of drug-likeness (QED) is 0.838. The second-order valence-corrected chi connectivity index (χ2v) is 4.24. The zero-order valence-electron chi connectivity index (χ0n) is 10.7. The molecule has 2 aromatic rings. The van der Waals surface area contributed by atoms with E-state index in [-0.39, 0.29) is 0 Å². The number of aryl methyl sites for hydroxylation is 2. The molecule has 2 N–H and O–H groups in total. The zero-order valence-corrected chi connectivity index (χ0v) is 10.7. The van der Waals surface area contributed by atoms with Crippen LogP contribution in [0.5, 0.6) is 11.6 Å². The highest BCUT2D eigenvalue weighted by Gasteiger charge is 2.04. The third-order valence-electron chi connectivity index (χ3n) is 2.58. The lowest BCUT2D eigenvalue weighted by molar-refractivity contribution is 0.462. The Hall–Kier alpha value is -2.10. The van der Waals surface area contributed by atoms with Gasteiger partial charge in [-0.2, -0.15) is 0 Å². The summed E-state index contributed by atoms with van der Waals surface area (Å²) in [6.45, 7) is 4.10. The molecule has 0 atom stereocenters. The van der Waals surface area contributed by atoms with Crippen LogP contribution in [0.15, 0.2) is 30.6 Å². The van der Waals surface area contributed by atoms with Crippen molar-refractivity contribution >= 4 is 5.69 Å². The van der Waals surface area contributed by atoms with Crippen LogP contribution < -0.4 is 10.5 Å². The molecule has 1 heterocycles. The average molecular weight is 243 g/mol. The summed E-state index contributed by atoms with van der Waals surface area (Å²) in [6.07, 6.45) is 3.48. The fourth-order valence-corrected chi connectivity index (χ4v) is 1.70. The van der Waals surface area contributed by atoms with Crippen LogP contribution >= 0.6 is 0 Å². The fraction of sp³-hybridized carbons (Fsp3) is 0.286. The molecule has 1 aromatic heterocycles. The molecule has 0 unspecified atom stereocenters. The van der Waals surface area contributed by atoms with E-state index < -0.39 is 0 Å². The maximum Gasteiger partial charge on any atom is 0.222 e. The summed E-state index contributed by atoms with van der Waals surface area (Å²) in [5.41, 5.74) is 8.60. The number of ether oxygens (including phenoxy) is 1. The van der Waals surface area contributed by atoms with Crippen molar-refractivity contribution in [2.45, 2.75) is 26.7 Å². The van der Waals surface area contributed by atoms with Crippen LogP contribution in [0, 0.1) is 6.92 Å². The summed E-state index contributed by atoms with van der Waals surface area (Å²) in [5, 5.41) is 0. The molecule has 2 rings (SSSR count). The van der Waals surface area contributed by atoms with Gasteiger partial charge in [0.25, 0.3) is 0 Å². The normalized spacial score (nSPS) is 10.3. The Morgan fingerprint density at radius 1 is 1.22 bits per heavy atom. The summed E-state index contributed by atoms with van der Waals surface area (Å²) < 4.78 is 5.68. The van der Waals surface area contributed by atoms with Crippen LogP contribution in [0.2, 0.25) is 0 Å². The van der Waals surface area contributed by atoms with Gasteiger partial charge in [0.15, 0.2) is 5.75 Å². The molecule has 1 aromatic carbocycles. The van der Waals surface area contributed by atoms with Gasteiger partial charge < -0.3 is 10.5 Å². The molecule has 0 aliphatic rings. The van der Waals surface area contributed by atoms with Crippen molar-refractivity contribution in [1.82, 2.24) is 9.97 Å². The summed E-state index contributed by atoms with van der Waals surface area (Å²) in [7, 11) is 0. The standard InChI is InChI=1S/C14H17N3O/c1-3-4-11-8-14(17-9-16-11)18-13-6-5-10(2)7-12(13)15/h5-9H,3-4,15H2,1-2H3. The number of anilines is 1. The lowest BCUT2D eigenvalue weighted by Crippen LogP contribution is -1.96. The largest absolute Gasteiger partial charge is 0.437 e. The molecule has 0 aliphatic carbocycles. The number of aromatic nitrogens is 2. The molecule has 0 fully saturated rings. The number of benzene rings is 1. The zero-order chi connectivity index (χ0) is 13.0. The first-order chi connectivity index (χ1) is 8.69. The molecular formula is C14H17N3O. The maximum absolute atomic E-state index is 5.90. The van der Waals surface area contributed by atoms with Crippen LogP contribution in [-0.4, -0.2) is 9.97 Å². The SMILES string of the molecule is CCCc1cc(Oc2ccc(C)cc2N)ncn1. The van der Waals surface area contributed by atoms with Crippen molar-refractivity contribution in [3.05, 3.63) is 41.9 Å². The summed E-state index contributed by atoms with van der Waals surface area (Å²) >= 11 is 0. The van der Waals surface area contributed by atoms with E-state index in [1.54, 1.807) is 0 Å². The lowest BCUT2D eigenvalue weighted by atomic mass is 10.2. The first kappa shape index (κ1) is 12.4. The Labute approximate surface area is 107 Å². The molecular weight excluding hydrogens is 226 g/mol. The second-order valence-electron chi connectivity index (χ2n) is 4.24. The molecule has 4 nitrogen and oxygen atoms in total. The van der Waals surface area contributed by atoms with Gasteiger partial charge in [0.2, 0.25) is 5.88 Å². The Balaban J connectivity index is 2.20. The molecule has 94 valence electrons. The third kappa shape index (κ3) is 2.97. The van der Waals surface area contributed by atoms with Crippen molar-refractivity contribution < 1.29 is 4.74 Å². The summed E-state index contributed by atoms with van der Waals surface area (Å²) in [6, 6.07) is 7.54. The highest BCUT2D eigenvalue weighted by Crippen LogP contribution is 2.27. The molecule has 0 radical (unpaired) electrons. The van der Waals surface area contributed by atoms with Gasteiger partial charge in [-0.15, -0.1) is 0 Å². The topological polar surface area (TPSA) is 61.0 Å². The van der Waals surface area contributed by atoms with Crippen LogP contribution in [-0.2, 0) is 6.42 Å². The molecule has 0 bridgehead atoms. The minimum absolute atomic E-state index is 0.531. The molecule has 0 saturated heterocycles. The average Bonchev–Trinajstić information content (AvgIpc) is 2.34. The van der Waals surface area contributed by atoms with Crippen LogP contribution in [0.4, 0.5) is 5.69 Å². The Kier molecular flexibility index (Phi) is 3.77. The number of rotatable bonds is 4. The monoisotopic (exact) mass is 243 g/mol. The molecule has 18 heavy (non-hydrogen) atoms. The minimum Gasteiger partial charge on any atom is -0.437 e. The first-order valence-electron chi connectivity index (χ1n) is 6.04. The van der Waals surface area contributed by atoms with Gasteiger partial charge in [0.05, 0.1) is 5.69 Å². The molecule has 4 heteroatoms. The van der Waals surface area contributed by atoms with E-state index in [0.717, 1.165) is 24.1 Å². The number of nitrogens with two attached hydrogens (primary N) is 1. The fourth-order valence-electron chi connectivity index (χ4n) is 1.70. The van der Waals surface area contributed by atoms with E-state index in [0.29, 0.717) is 17.3 Å². The molecule has 0 aliphatic heterocycles. The van der Waals surface area contributed by atoms with Crippen molar-refractivity contribution in [3.63, 3.8) is 0 Å². The van der Waals surface area contributed by atoms with E-state index in [1.807, 2.05) is 31.2 Å². The van der Waals surface area contributed by atoms with E-state index in [4.69, 9.17) is 10.5 Å². The lowest BCUT2D eigenvalue weighted by Gasteiger charge is -2.08. The van der Waals surface area contributed by atoms with Crippen LogP contribution in [0.1, 0.15) is 24.6 Å². The van der Waals surface area contributed by atoms with E-state index in [9.17, 15) is 0 Å². The van der Waals surface area contributed by atoms with Crippen molar-refractivity contribution in [2.24, 2.45) is 0 Å².